The highest BCUT2D eigenvalue weighted by molar-refractivity contribution is 6.48. The Labute approximate surface area is 154 Å². The fraction of sp³-hybridized carbons (Fsp3) is 0.947. The van der Waals surface area contributed by atoms with E-state index in [1.807, 2.05) is 0 Å². The summed E-state index contributed by atoms with van der Waals surface area (Å²) in [4.78, 5) is 14.1. The highest BCUT2D eigenvalue weighted by Gasteiger charge is 2.33. The molecular weight excluding hydrogens is 315 g/mol. The molecule has 1 unspecified atom stereocenters. The van der Waals surface area contributed by atoms with Gasteiger partial charge in [0.1, 0.15) is 5.54 Å². The maximum atomic E-state index is 11.6. The molecule has 0 saturated heterocycles. The zero-order valence-electron chi connectivity index (χ0n) is 16.4. The highest BCUT2D eigenvalue weighted by atomic mass is 16.4. The van der Waals surface area contributed by atoms with Crippen LogP contribution < -0.4 is 5.73 Å². The normalized spacial score (nSPS) is 18.3. The Balaban J connectivity index is 2.34. The minimum atomic E-state index is -1.12. The Morgan fingerprint density at radius 3 is 2.40 bits per heavy atom. The van der Waals surface area contributed by atoms with E-state index in [0.717, 1.165) is 44.8 Å². The molecule has 0 radical (unpaired) electrons. The second-order valence-corrected chi connectivity index (χ2v) is 8.06. The number of carboxylic acid groups (broad SMARTS) is 1. The van der Waals surface area contributed by atoms with Crippen molar-refractivity contribution in [2.75, 3.05) is 19.6 Å². The van der Waals surface area contributed by atoms with Crippen LogP contribution in [0.4, 0.5) is 0 Å². The number of carboxylic acids is 1. The van der Waals surface area contributed by atoms with Gasteiger partial charge in [0.25, 0.3) is 6.92 Å². The van der Waals surface area contributed by atoms with Gasteiger partial charge in [-0.15, -0.1) is 0 Å². The summed E-state index contributed by atoms with van der Waals surface area (Å²) in [5, 5.41) is 18.8. The summed E-state index contributed by atoms with van der Waals surface area (Å²) < 4.78 is 0. The van der Waals surface area contributed by atoms with Crippen molar-refractivity contribution in [3.8, 4) is 0 Å². The van der Waals surface area contributed by atoms with E-state index < -0.39 is 11.5 Å². The van der Waals surface area contributed by atoms with Crippen LogP contribution in [0.1, 0.15) is 71.1 Å². The van der Waals surface area contributed by atoms with Crippen molar-refractivity contribution >= 4 is 12.9 Å². The van der Waals surface area contributed by atoms with Gasteiger partial charge in [-0.05, 0) is 57.4 Å². The monoisotopic (exact) mass is 354 g/mol. The number of nitrogens with zero attached hydrogens (tertiary/aromatic N) is 1. The number of unbranched alkanes of at least 4 members (excludes halogenated alkanes) is 1. The number of carbonyl (C=O) groups is 1. The first-order valence-corrected chi connectivity index (χ1v) is 10.3. The van der Waals surface area contributed by atoms with Crippen molar-refractivity contribution < 1.29 is 14.9 Å². The van der Waals surface area contributed by atoms with E-state index in [4.69, 9.17) is 5.73 Å². The van der Waals surface area contributed by atoms with Crippen LogP contribution >= 0.6 is 0 Å². The van der Waals surface area contributed by atoms with Crippen molar-refractivity contribution in [3.63, 3.8) is 0 Å². The van der Waals surface area contributed by atoms with Gasteiger partial charge in [-0.3, -0.25) is 4.79 Å². The average molecular weight is 354 g/mol. The summed E-state index contributed by atoms with van der Waals surface area (Å²) in [7, 11) is 0. The lowest BCUT2D eigenvalue weighted by Crippen LogP contribution is -2.48. The van der Waals surface area contributed by atoms with E-state index in [1.165, 1.54) is 32.1 Å². The summed E-state index contributed by atoms with van der Waals surface area (Å²) in [5.41, 5.74) is 5.07. The Morgan fingerprint density at radius 1 is 1.20 bits per heavy atom. The van der Waals surface area contributed by atoms with Crippen molar-refractivity contribution in [1.82, 2.24) is 4.90 Å². The molecule has 1 fully saturated rings. The van der Waals surface area contributed by atoms with Gasteiger partial charge in [-0.25, -0.2) is 0 Å². The van der Waals surface area contributed by atoms with Crippen molar-refractivity contribution in [1.29, 1.82) is 0 Å². The van der Waals surface area contributed by atoms with Gasteiger partial charge >= 0.3 is 5.97 Å². The third kappa shape index (κ3) is 9.07. The van der Waals surface area contributed by atoms with Gasteiger partial charge < -0.3 is 20.8 Å². The molecule has 5 nitrogen and oxygen atoms in total. The molecule has 1 saturated carbocycles. The molecule has 1 rings (SSSR count). The van der Waals surface area contributed by atoms with Crippen molar-refractivity contribution in [2.24, 2.45) is 11.7 Å². The van der Waals surface area contributed by atoms with Crippen LogP contribution in [0, 0.1) is 5.92 Å². The fourth-order valence-corrected chi connectivity index (χ4v) is 3.95. The van der Waals surface area contributed by atoms with E-state index in [2.05, 4.69) is 11.8 Å². The summed E-state index contributed by atoms with van der Waals surface area (Å²) in [5.74, 6) is -0.0730. The number of rotatable bonds is 13. The molecule has 0 spiro atoms. The van der Waals surface area contributed by atoms with Gasteiger partial charge in [-0.1, -0.05) is 45.9 Å². The summed E-state index contributed by atoms with van der Waals surface area (Å²) in [6.07, 6.45) is 10.9. The van der Waals surface area contributed by atoms with Crippen LogP contribution in [0.15, 0.2) is 0 Å². The zero-order chi connectivity index (χ0) is 18.7. The SMILES string of the molecule is CCN(CCCC(N)(CCCCB(C)O)C(=O)O)CC1CCCCC1. The molecule has 146 valence electrons. The predicted molar refractivity (Wildman–Crippen MR) is 105 cm³/mol. The van der Waals surface area contributed by atoms with Crippen molar-refractivity contribution in [3.05, 3.63) is 0 Å². The number of aliphatic carboxylic acids is 1. The van der Waals surface area contributed by atoms with Crippen LogP contribution in [0.25, 0.3) is 0 Å². The van der Waals surface area contributed by atoms with E-state index in [-0.39, 0.29) is 6.92 Å². The molecule has 0 aliphatic heterocycles. The number of hydrogen-bond acceptors (Lipinski definition) is 4. The van der Waals surface area contributed by atoms with Crippen molar-refractivity contribution in [2.45, 2.75) is 89.8 Å². The standard InChI is InChI=1S/C19H39BN2O3/c1-3-22(16-17-10-5-4-6-11-17)15-9-13-19(21,18(23)24)12-7-8-14-20(2)25/h17,25H,3-16,21H2,1-2H3,(H,23,24). The molecule has 0 heterocycles. The lowest BCUT2D eigenvalue weighted by molar-refractivity contribution is -0.144. The molecule has 0 aromatic heterocycles. The molecule has 0 bridgehead atoms. The van der Waals surface area contributed by atoms with Gasteiger partial charge in [0, 0.05) is 6.54 Å². The Hall–Kier alpha value is -0.585. The molecule has 1 atom stereocenters. The smallest absolute Gasteiger partial charge is 0.323 e. The van der Waals surface area contributed by atoms with Gasteiger partial charge in [0.2, 0.25) is 0 Å². The lowest BCUT2D eigenvalue weighted by Gasteiger charge is -2.30. The number of nitrogens with two attached hydrogens (primary N) is 1. The molecule has 6 heteroatoms. The molecule has 1 aliphatic carbocycles. The van der Waals surface area contributed by atoms with Gasteiger partial charge in [0.15, 0.2) is 0 Å². The maximum Gasteiger partial charge on any atom is 0.323 e. The highest BCUT2D eigenvalue weighted by Crippen LogP contribution is 2.25. The van der Waals surface area contributed by atoms with Crippen LogP contribution in [-0.4, -0.2) is 53.1 Å². The Kier molecular flexibility index (Phi) is 10.7. The molecule has 0 aromatic carbocycles. The molecular formula is C19H39BN2O3. The van der Waals surface area contributed by atoms with Crippen LogP contribution in [-0.2, 0) is 4.79 Å². The maximum absolute atomic E-state index is 11.6. The molecule has 0 amide bonds. The quantitative estimate of drug-likeness (QED) is 0.349. The molecule has 1 aliphatic rings. The Morgan fingerprint density at radius 2 is 1.84 bits per heavy atom. The molecule has 25 heavy (non-hydrogen) atoms. The van der Waals surface area contributed by atoms with Crippen LogP contribution in [0.2, 0.25) is 13.1 Å². The minimum Gasteiger partial charge on any atom is -0.480 e. The fourth-order valence-electron chi connectivity index (χ4n) is 3.95. The number of hydrogen-bond donors (Lipinski definition) is 3. The van der Waals surface area contributed by atoms with E-state index >= 15 is 0 Å². The predicted octanol–water partition coefficient (Wildman–Crippen LogP) is 3.23. The zero-order valence-corrected chi connectivity index (χ0v) is 16.4. The van der Waals surface area contributed by atoms with E-state index in [0.29, 0.717) is 19.2 Å². The first kappa shape index (κ1) is 22.5. The van der Waals surface area contributed by atoms with Gasteiger partial charge in [-0.2, -0.15) is 0 Å². The van der Waals surface area contributed by atoms with Gasteiger partial charge in [0.05, 0.1) is 0 Å². The van der Waals surface area contributed by atoms with Crippen LogP contribution in [0.5, 0.6) is 0 Å². The molecule has 4 N–H and O–H groups in total. The largest absolute Gasteiger partial charge is 0.480 e. The van der Waals surface area contributed by atoms with E-state index in [1.54, 1.807) is 6.82 Å². The topological polar surface area (TPSA) is 86.8 Å². The van der Waals surface area contributed by atoms with Crippen LogP contribution in [0.3, 0.4) is 0 Å². The van der Waals surface area contributed by atoms with E-state index in [9.17, 15) is 14.9 Å². The first-order chi connectivity index (χ1) is 11.9. The first-order valence-electron chi connectivity index (χ1n) is 10.3. The second-order valence-electron chi connectivity index (χ2n) is 8.06. The summed E-state index contributed by atoms with van der Waals surface area (Å²) in [6.45, 7) is 6.73. The average Bonchev–Trinajstić information content (AvgIpc) is 2.58. The third-order valence-corrected chi connectivity index (χ3v) is 5.71. The minimum absolute atomic E-state index is 0.324. The molecule has 0 aromatic rings. The Bertz CT molecular complexity index is 376. The lowest BCUT2D eigenvalue weighted by atomic mass is 9.66. The summed E-state index contributed by atoms with van der Waals surface area (Å²) in [6, 6.07) is 0. The second kappa shape index (κ2) is 11.9. The third-order valence-electron chi connectivity index (χ3n) is 5.71. The summed E-state index contributed by atoms with van der Waals surface area (Å²) >= 11 is 0.